The first-order chi connectivity index (χ1) is 10.8. The van der Waals surface area contributed by atoms with Gasteiger partial charge < -0.3 is 4.74 Å². The average molecular weight is 313 g/mol. The standard InChI is InChI=1S/C19H22BClO/c1-2-3-16-22-19-12-10-18(11-13-19)20(14-7-15-21)17-8-5-4-6-9-17/h4-13,15H,2-3,14,16H2,1H3. The Morgan fingerprint density at radius 1 is 1.00 bits per heavy atom. The van der Waals surface area contributed by atoms with Crippen molar-refractivity contribution in [3.05, 3.63) is 66.2 Å². The lowest BCUT2D eigenvalue weighted by atomic mass is 9.39. The van der Waals surface area contributed by atoms with Crippen LogP contribution in [0.2, 0.25) is 6.32 Å². The van der Waals surface area contributed by atoms with Gasteiger partial charge in [0.1, 0.15) is 5.75 Å². The summed E-state index contributed by atoms with van der Waals surface area (Å²) < 4.78 is 5.73. The van der Waals surface area contributed by atoms with Gasteiger partial charge >= 0.3 is 0 Å². The molecule has 0 spiro atoms. The molecule has 0 amide bonds. The van der Waals surface area contributed by atoms with Crippen molar-refractivity contribution in [2.75, 3.05) is 6.61 Å². The van der Waals surface area contributed by atoms with Gasteiger partial charge in [-0.1, -0.05) is 84.4 Å². The van der Waals surface area contributed by atoms with E-state index < -0.39 is 0 Å². The van der Waals surface area contributed by atoms with E-state index in [9.17, 15) is 0 Å². The van der Waals surface area contributed by atoms with Gasteiger partial charge in [-0.05, 0) is 30.4 Å². The van der Waals surface area contributed by atoms with Crippen LogP contribution in [0.5, 0.6) is 5.75 Å². The zero-order chi connectivity index (χ0) is 15.6. The minimum atomic E-state index is 0.320. The van der Waals surface area contributed by atoms with Crippen LogP contribution in [-0.2, 0) is 0 Å². The molecule has 2 rings (SSSR count). The summed E-state index contributed by atoms with van der Waals surface area (Å²) in [6.07, 6.45) is 5.14. The molecule has 2 aromatic carbocycles. The van der Waals surface area contributed by atoms with Crippen LogP contribution in [0.1, 0.15) is 19.8 Å². The van der Waals surface area contributed by atoms with Crippen molar-refractivity contribution in [3.63, 3.8) is 0 Å². The molecule has 0 heterocycles. The fourth-order valence-electron chi connectivity index (χ4n) is 2.47. The smallest absolute Gasteiger partial charge is 0.213 e. The fourth-order valence-corrected chi connectivity index (χ4v) is 2.57. The third kappa shape index (κ3) is 4.96. The molecule has 114 valence electrons. The molecule has 0 bridgehead atoms. The third-order valence-electron chi connectivity index (χ3n) is 3.71. The number of benzene rings is 2. The first-order valence-electron chi connectivity index (χ1n) is 7.88. The summed E-state index contributed by atoms with van der Waals surface area (Å²) >= 11 is 5.72. The number of ether oxygens (including phenoxy) is 1. The fraction of sp³-hybridized carbons (Fsp3) is 0.263. The summed E-state index contributed by atoms with van der Waals surface area (Å²) in [7, 11) is 0. The molecule has 0 fully saturated rings. The van der Waals surface area contributed by atoms with Crippen LogP contribution < -0.4 is 15.7 Å². The predicted molar refractivity (Wildman–Crippen MR) is 98.1 cm³/mol. The van der Waals surface area contributed by atoms with Gasteiger partial charge in [-0.3, -0.25) is 0 Å². The summed E-state index contributed by atoms with van der Waals surface area (Å²) in [5, 5.41) is 0. The largest absolute Gasteiger partial charge is 0.494 e. The van der Waals surface area contributed by atoms with E-state index in [0.29, 0.717) is 6.71 Å². The van der Waals surface area contributed by atoms with Gasteiger partial charge in [0.15, 0.2) is 0 Å². The third-order valence-corrected chi connectivity index (χ3v) is 3.89. The Hall–Kier alpha value is -1.67. The lowest BCUT2D eigenvalue weighted by Gasteiger charge is -2.14. The second kappa shape index (κ2) is 9.37. The van der Waals surface area contributed by atoms with Crippen LogP contribution >= 0.6 is 11.6 Å². The molecule has 0 saturated heterocycles. The van der Waals surface area contributed by atoms with Gasteiger partial charge in [0.2, 0.25) is 6.71 Å². The van der Waals surface area contributed by atoms with E-state index in [-0.39, 0.29) is 0 Å². The van der Waals surface area contributed by atoms with E-state index in [0.717, 1.165) is 31.5 Å². The predicted octanol–water partition coefficient (Wildman–Crippen LogP) is 4.23. The summed E-state index contributed by atoms with van der Waals surface area (Å²) in [5.41, 5.74) is 4.18. The number of hydrogen-bond donors (Lipinski definition) is 0. The molecular weight excluding hydrogens is 290 g/mol. The molecule has 0 aliphatic heterocycles. The van der Waals surface area contributed by atoms with Crippen LogP contribution in [0.25, 0.3) is 0 Å². The number of halogens is 1. The molecule has 0 aliphatic rings. The molecule has 1 nitrogen and oxygen atoms in total. The van der Waals surface area contributed by atoms with E-state index in [1.54, 1.807) is 5.54 Å². The summed E-state index contributed by atoms with van der Waals surface area (Å²) in [4.78, 5) is 0. The van der Waals surface area contributed by atoms with E-state index in [1.807, 2.05) is 12.1 Å². The van der Waals surface area contributed by atoms with Crippen molar-refractivity contribution in [2.45, 2.75) is 26.1 Å². The molecule has 0 radical (unpaired) electrons. The lowest BCUT2D eigenvalue weighted by Crippen LogP contribution is -2.41. The second-order valence-corrected chi connectivity index (χ2v) is 5.58. The van der Waals surface area contributed by atoms with Crippen molar-refractivity contribution < 1.29 is 4.74 Å². The lowest BCUT2D eigenvalue weighted by molar-refractivity contribution is 0.309. The van der Waals surface area contributed by atoms with E-state index in [2.05, 4.69) is 55.5 Å². The Balaban J connectivity index is 2.14. The SMILES string of the molecule is CCCCOc1ccc(B(CC=CCl)c2ccccc2)cc1. The Morgan fingerprint density at radius 2 is 1.68 bits per heavy atom. The number of allylic oxidation sites excluding steroid dienone is 1. The molecule has 0 unspecified atom stereocenters. The maximum Gasteiger partial charge on any atom is 0.213 e. The van der Waals surface area contributed by atoms with Crippen LogP contribution in [0.4, 0.5) is 0 Å². The molecular formula is C19H22BClO. The quantitative estimate of drug-likeness (QED) is 0.523. The highest BCUT2D eigenvalue weighted by Crippen LogP contribution is 2.10. The first-order valence-corrected chi connectivity index (χ1v) is 8.31. The van der Waals surface area contributed by atoms with Gasteiger partial charge in [-0.15, -0.1) is 0 Å². The molecule has 0 aromatic heterocycles. The van der Waals surface area contributed by atoms with Crippen LogP contribution in [0, 0.1) is 0 Å². The van der Waals surface area contributed by atoms with Gasteiger partial charge in [-0.2, -0.15) is 0 Å². The monoisotopic (exact) mass is 312 g/mol. The minimum Gasteiger partial charge on any atom is -0.494 e. The van der Waals surface area contributed by atoms with Crippen molar-refractivity contribution in [3.8, 4) is 5.75 Å². The Kier molecular flexibility index (Phi) is 7.11. The molecule has 0 atom stereocenters. The van der Waals surface area contributed by atoms with Gasteiger partial charge in [0.05, 0.1) is 6.61 Å². The van der Waals surface area contributed by atoms with Crippen molar-refractivity contribution in [1.82, 2.24) is 0 Å². The van der Waals surface area contributed by atoms with Crippen molar-refractivity contribution >= 4 is 29.2 Å². The van der Waals surface area contributed by atoms with E-state index in [4.69, 9.17) is 16.3 Å². The normalized spacial score (nSPS) is 10.8. The van der Waals surface area contributed by atoms with Gasteiger partial charge in [0, 0.05) is 0 Å². The highest BCUT2D eigenvalue weighted by atomic mass is 35.5. The number of rotatable bonds is 8. The first kappa shape index (κ1) is 16.7. The van der Waals surface area contributed by atoms with Gasteiger partial charge in [0.25, 0.3) is 0 Å². The van der Waals surface area contributed by atoms with Crippen LogP contribution in [0.15, 0.2) is 66.2 Å². The van der Waals surface area contributed by atoms with E-state index in [1.165, 1.54) is 10.9 Å². The zero-order valence-electron chi connectivity index (χ0n) is 13.0. The molecule has 0 aliphatic carbocycles. The average Bonchev–Trinajstić information content (AvgIpc) is 2.58. The van der Waals surface area contributed by atoms with Crippen LogP contribution in [0.3, 0.4) is 0 Å². The summed E-state index contributed by atoms with van der Waals surface area (Å²) in [6, 6.07) is 19.0. The molecule has 0 N–H and O–H groups in total. The highest BCUT2D eigenvalue weighted by Gasteiger charge is 2.17. The highest BCUT2D eigenvalue weighted by molar-refractivity contribution is 6.85. The molecule has 0 saturated carbocycles. The second-order valence-electron chi connectivity index (χ2n) is 5.33. The maximum atomic E-state index is 5.73. The Morgan fingerprint density at radius 3 is 2.32 bits per heavy atom. The summed E-state index contributed by atoms with van der Waals surface area (Å²) in [5.74, 6) is 0.942. The zero-order valence-corrected chi connectivity index (χ0v) is 13.8. The maximum absolute atomic E-state index is 5.73. The van der Waals surface area contributed by atoms with Gasteiger partial charge in [-0.25, -0.2) is 0 Å². The summed E-state index contributed by atoms with van der Waals surface area (Å²) in [6.45, 7) is 3.27. The topological polar surface area (TPSA) is 9.23 Å². The number of hydrogen-bond acceptors (Lipinski definition) is 1. The molecule has 3 heteroatoms. The Bertz CT molecular complexity index is 566. The minimum absolute atomic E-state index is 0.320. The van der Waals surface area contributed by atoms with E-state index >= 15 is 0 Å². The molecule has 22 heavy (non-hydrogen) atoms. The molecule has 2 aromatic rings. The van der Waals surface area contributed by atoms with Crippen molar-refractivity contribution in [2.24, 2.45) is 0 Å². The van der Waals surface area contributed by atoms with Crippen LogP contribution in [-0.4, -0.2) is 13.3 Å². The Labute approximate surface area is 139 Å². The van der Waals surface area contributed by atoms with Crippen molar-refractivity contribution in [1.29, 1.82) is 0 Å². The number of unbranched alkanes of at least 4 members (excludes halogenated alkanes) is 1.